The number of aryl methyl sites for hydroxylation is 4. The van der Waals surface area contributed by atoms with E-state index in [2.05, 4.69) is 10.6 Å². The number of para-hydroxylation sites is 1. The Morgan fingerprint density at radius 2 is 1.57 bits per heavy atom. The van der Waals surface area contributed by atoms with E-state index in [4.69, 9.17) is 10.5 Å². The van der Waals surface area contributed by atoms with E-state index in [1.165, 1.54) is 11.9 Å². The molecule has 0 saturated heterocycles. The Bertz CT molecular complexity index is 1170. The van der Waals surface area contributed by atoms with E-state index in [9.17, 15) is 19.2 Å². The molecule has 0 aliphatic carbocycles. The minimum Gasteiger partial charge on any atom is -0.444 e. The molecule has 2 aromatic carbocycles. The van der Waals surface area contributed by atoms with Crippen LogP contribution in [0, 0.1) is 27.7 Å². The SMILES string of the molecule is Cc1ccc(C(C(=O)Nc2c(C)cccc2C)N(C)C(=O)C(CC(N)=O)NC(=O)OC(C)(C)C)c(C)c1. The van der Waals surface area contributed by atoms with E-state index in [1.807, 2.05) is 58.0 Å². The smallest absolute Gasteiger partial charge is 0.408 e. The second-order valence-corrected chi connectivity index (χ2v) is 10.3. The number of carbonyl (C=O) groups excluding carboxylic acids is 4. The Hall–Kier alpha value is -3.88. The predicted octanol–water partition coefficient (Wildman–Crippen LogP) is 3.83. The van der Waals surface area contributed by atoms with Gasteiger partial charge in [-0.25, -0.2) is 4.79 Å². The number of nitrogens with one attached hydrogen (secondary N) is 2. The van der Waals surface area contributed by atoms with Crippen molar-refractivity contribution in [3.8, 4) is 0 Å². The summed E-state index contributed by atoms with van der Waals surface area (Å²) in [7, 11) is 1.46. The first-order chi connectivity index (χ1) is 17.1. The standard InChI is InChI=1S/C28H38N4O5/c1-16-12-13-20(19(4)14-16)24(25(34)31-23-17(2)10-9-11-18(23)3)32(8)26(35)21(15-22(29)33)30-27(36)37-28(5,6)7/h9-14,21,24H,15H2,1-8H3,(H2,29,33)(H,30,36)(H,31,34). The number of rotatable bonds is 8. The molecule has 9 nitrogen and oxygen atoms in total. The third-order valence-electron chi connectivity index (χ3n) is 5.83. The highest BCUT2D eigenvalue weighted by Crippen LogP contribution is 2.28. The maximum Gasteiger partial charge on any atom is 0.408 e. The van der Waals surface area contributed by atoms with E-state index in [1.54, 1.807) is 26.8 Å². The molecule has 37 heavy (non-hydrogen) atoms. The predicted molar refractivity (Wildman–Crippen MR) is 143 cm³/mol. The van der Waals surface area contributed by atoms with Gasteiger partial charge in [-0.1, -0.05) is 42.0 Å². The van der Waals surface area contributed by atoms with Gasteiger partial charge in [0.1, 0.15) is 17.7 Å². The Morgan fingerprint density at radius 3 is 2.08 bits per heavy atom. The topological polar surface area (TPSA) is 131 Å². The molecule has 0 radical (unpaired) electrons. The van der Waals surface area contributed by atoms with Crippen LogP contribution < -0.4 is 16.4 Å². The summed E-state index contributed by atoms with van der Waals surface area (Å²) < 4.78 is 5.26. The lowest BCUT2D eigenvalue weighted by Gasteiger charge is -2.32. The highest BCUT2D eigenvalue weighted by Gasteiger charge is 2.35. The molecule has 0 aliphatic heterocycles. The number of amides is 4. The maximum atomic E-state index is 13.7. The zero-order chi connectivity index (χ0) is 28.1. The minimum atomic E-state index is -1.32. The van der Waals surface area contributed by atoms with Crippen molar-refractivity contribution in [2.24, 2.45) is 5.73 Å². The van der Waals surface area contributed by atoms with Crippen LogP contribution in [-0.4, -0.2) is 47.4 Å². The van der Waals surface area contributed by atoms with Crippen molar-refractivity contribution < 1.29 is 23.9 Å². The number of anilines is 1. The summed E-state index contributed by atoms with van der Waals surface area (Å²) in [5, 5.41) is 5.41. The van der Waals surface area contributed by atoms with Gasteiger partial charge in [0.15, 0.2) is 0 Å². The van der Waals surface area contributed by atoms with Gasteiger partial charge in [-0.05, 0) is 70.7 Å². The van der Waals surface area contributed by atoms with Crippen LogP contribution in [0.25, 0.3) is 0 Å². The summed E-state index contributed by atoms with van der Waals surface area (Å²) in [6.07, 6.45) is -1.33. The summed E-state index contributed by atoms with van der Waals surface area (Å²) in [5.74, 6) is -1.88. The molecule has 2 aromatic rings. The van der Waals surface area contributed by atoms with Crippen LogP contribution in [-0.2, 0) is 19.1 Å². The first-order valence-corrected chi connectivity index (χ1v) is 12.1. The van der Waals surface area contributed by atoms with Crippen molar-refractivity contribution in [1.29, 1.82) is 0 Å². The molecule has 2 atom stereocenters. The Labute approximate surface area is 218 Å². The van der Waals surface area contributed by atoms with E-state index >= 15 is 0 Å². The number of carbonyl (C=O) groups is 4. The fourth-order valence-corrected chi connectivity index (χ4v) is 4.09. The zero-order valence-corrected chi connectivity index (χ0v) is 22.9. The van der Waals surface area contributed by atoms with Crippen LogP contribution in [0.4, 0.5) is 10.5 Å². The van der Waals surface area contributed by atoms with Gasteiger partial charge in [0.2, 0.25) is 11.8 Å². The zero-order valence-electron chi connectivity index (χ0n) is 22.9. The molecule has 0 bridgehead atoms. The number of alkyl carbamates (subject to hydrolysis) is 1. The molecule has 0 aliphatic rings. The van der Waals surface area contributed by atoms with E-state index in [0.717, 1.165) is 22.3 Å². The van der Waals surface area contributed by atoms with Crippen molar-refractivity contribution in [1.82, 2.24) is 10.2 Å². The number of nitrogens with zero attached hydrogens (tertiary/aromatic N) is 1. The van der Waals surface area contributed by atoms with Crippen LogP contribution in [0.2, 0.25) is 0 Å². The highest BCUT2D eigenvalue weighted by molar-refractivity contribution is 6.00. The monoisotopic (exact) mass is 510 g/mol. The molecule has 0 heterocycles. The first kappa shape index (κ1) is 29.4. The van der Waals surface area contributed by atoms with Gasteiger partial charge in [0.25, 0.3) is 5.91 Å². The van der Waals surface area contributed by atoms with Gasteiger partial charge in [0.05, 0.1) is 6.42 Å². The highest BCUT2D eigenvalue weighted by atomic mass is 16.6. The summed E-state index contributed by atoms with van der Waals surface area (Å²) >= 11 is 0. The van der Waals surface area contributed by atoms with E-state index in [-0.39, 0.29) is 0 Å². The van der Waals surface area contributed by atoms with Gasteiger partial charge in [0, 0.05) is 12.7 Å². The van der Waals surface area contributed by atoms with Crippen molar-refractivity contribution in [3.05, 3.63) is 64.2 Å². The number of primary amides is 1. The first-order valence-electron chi connectivity index (χ1n) is 12.1. The number of ether oxygens (including phenoxy) is 1. The summed E-state index contributed by atoms with van der Waals surface area (Å²) in [5.41, 5.74) is 9.39. The Morgan fingerprint density at radius 1 is 0.973 bits per heavy atom. The Balaban J connectivity index is 2.48. The van der Waals surface area contributed by atoms with Crippen LogP contribution in [0.5, 0.6) is 0 Å². The largest absolute Gasteiger partial charge is 0.444 e. The molecule has 200 valence electrons. The van der Waals surface area contributed by atoms with Gasteiger partial charge < -0.3 is 26.0 Å². The third kappa shape index (κ3) is 8.06. The van der Waals surface area contributed by atoms with Crippen LogP contribution in [0.15, 0.2) is 36.4 Å². The van der Waals surface area contributed by atoms with Gasteiger partial charge in [-0.15, -0.1) is 0 Å². The second kappa shape index (κ2) is 11.9. The molecule has 4 amide bonds. The lowest BCUT2D eigenvalue weighted by Crippen LogP contribution is -2.52. The third-order valence-corrected chi connectivity index (χ3v) is 5.83. The van der Waals surface area contributed by atoms with E-state index < -0.39 is 47.9 Å². The normalized spacial score (nSPS) is 12.8. The summed E-state index contributed by atoms with van der Waals surface area (Å²) in [6.45, 7) is 12.6. The van der Waals surface area contributed by atoms with Crippen molar-refractivity contribution in [2.75, 3.05) is 12.4 Å². The van der Waals surface area contributed by atoms with Crippen LogP contribution >= 0.6 is 0 Å². The maximum absolute atomic E-state index is 13.7. The molecule has 0 spiro atoms. The lowest BCUT2D eigenvalue weighted by molar-refractivity contribution is -0.140. The van der Waals surface area contributed by atoms with Gasteiger partial charge in [-0.2, -0.15) is 0 Å². The molecular weight excluding hydrogens is 472 g/mol. The fourth-order valence-electron chi connectivity index (χ4n) is 4.09. The minimum absolute atomic E-state index is 0.435. The van der Waals surface area contributed by atoms with Crippen molar-refractivity contribution in [3.63, 3.8) is 0 Å². The van der Waals surface area contributed by atoms with Gasteiger partial charge in [-0.3, -0.25) is 14.4 Å². The molecule has 4 N–H and O–H groups in total. The van der Waals surface area contributed by atoms with Crippen molar-refractivity contribution >= 4 is 29.5 Å². The molecule has 2 rings (SSSR count). The average Bonchev–Trinajstić information content (AvgIpc) is 2.75. The lowest BCUT2D eigenvalue weighted by atomic mass is 9.96. The molecule has 2 unspecified atom stereocenters. The molecule has 0 aromatic heterocycles. The molecular formula is C28H38N4O5. The van der Waals surface area contributed by atoms with Gasteiger partial charge >= 0.3 is 6.09 Å². The Kier molecular flexibility index (Phi) is 9.44. The van der Waals surface area contributed by atoms with E-state index in [0.29, 0.717) is 11.3 Å². The van der Waals surface area contributed by atoms with Crippen molar-refractivity contribution in [2.45, 2.75) is 72.6 Å². The number of benzene rings is 2. The van der Waals surface area contributed by atoms with Crippen LogP contribution in [0.1, 0.15) is 61.1 Å². The van der Waals surface area contributed by atoms with Crippen LogP contribution in [0.3, 0.4) is 0 Å². The average molecular weight is 511 g/mol. The molecule has 9 heteroatoms. The quantitative estimate of drug-likeness (QED) is 0.497. The fraction of sp³-hybridized carbons (Fsp3) is 0.429. The number of hydrogen-bond donors (Lipinski definition) is 3. The second-order valence-electron chi connectivity index (χ2n) is 10.3. The summed E-state index contributed by atoms with van der Waals surface area (Å²) in [6, 6.07) is 8.88. The number of hydrogen-bond acceptors (Lipinski definition) is 5. The molecule has 0 saturated carbocycles. The number of nitrogens with two attached hydrogens (primary N) is 1. The summed E-state index contributed by atoms with van der Waals surface area (Å²) in [4.78, 5) is 52.8. The number of likely N-dealkylation sites (N-methyl/N-ethyl adjacent to an activating group) is 1. The molecule has 0 fully saturated rings.